The molecule has 0 aliphatic rings. The van der Waals surface area contributed by atoms with Crippen molar-refractivity contribution in [1.29, 1.82) is 0 Å². The number of nitrogens with two attached hydrogens (primary N) is 1. The van der Waals surface area contributed by atoms with Crippen molar-refractivity contribution in [2.75, 3.05) is 0 Å². The molecule has 0 radical (unpaired) electrons. The summed E-state index contributed by atoms with van der Waals surface area (Å²) < 4.78 is 9.73. The Bertz CT molecular complexity index is 200. The molecule has 0 amide bonds. The van der Waals surface area contributed by atoms with E-state index in [0.717, 1.165) is 0 Å². The minimum Gasteiger partial charge on any atom is -0.440 e. The Balaban J connectivity index is 3.91. The molecule has 0 bridgehead atoms. The number of ether oxygens (including phenoxy) is 1. The second-order valence-electron chi connectivity index (χ2n) is 2.48. The highest BCUT2D eigenvalue weighted by Crippen LogP contribution is 2.15. The van der Waals surface area contributed by atoms with Crippen LogP contribution in [0.3, 0.4) is 0 Å². The molecule has 76 valence electrons. The maximum Gasteiger partial charge on any atom is 0.334 e. The van der Waals surface area contributed by atoms with Gasteiger partial charge in [0.2, 0.25) is 5.56 Å². The summed E-state index contributed by atoms with van der Waals surface area (Å²) in [5.41, 5.74) is 4.61. The van der Waals surface area contributed by atoms with Crippen molar-refractivity contribution >= 4 is 26.5 Å². The number of alkyl halides is 1. The summed E-state index contributed by atoms with van der Waals surface area (Å²) >= 11 is 5.69. The lowest BCUT2D eigenvalue weighted by Gasteiger charge is -2.17. The van der Waals surface area contributed by atoms with Gasteiger partial charge in [0, 0.05) is 5.57 Å². The summed E-state index contributed by atoms with van der Waals surface area (Å²) in [5.74, 6) is -0.532. The van der Waals surface area contributed by atoms with Gasteiger partial charge in [-0.25, -0.2) is 4.79 Å². The Morgan fingerprint density at radius 3 is 2.62 bits per heavy atom. The number of carbonyl (C=O) groups excluding carboxylic acids is 1. The Labute approximate surface area is 84.3 Å². The molecule has 0 aliphatic heterocycles. The second-order valence-corrected chi connectivity index (χ2v) is 3.38. The molecule has 0 heterocycles. The lowest BCUT2D eigenvalue weighted by Crippen LogP contribution is -2.25. The molecule has 13 heavy (non-hydrogen) atoms. The van der Waals surface area contributed by atoms with E-state index < -0.39 is 17.6 Å². The zero-order valence-corrected chi connectivity index (χ0v) is 9.30. The van der Waals surface area contributed by atoms with Gasteiger partial charge in [0.05, 0.1) is 8.96 Å². The van der Waals surface area contributed by atoms with E-state index in [0.29, 0.717) is 5.57 Å². The van der Waals surface area contributed by atoms with E-state index in [4.69, 9.17) is 26.4 Å². The van der Waals surface area contributed by atoms with Gasteiger partial charge >= 0.3 is 5.97 Å². The van der Waals surface area contributed by atoms with Crippen molar-refractivity contribution in [2.45, 2.75) is 25.5 Å². The molecular formula is C7H13ClNO3P. The molecule has 0 saturated heterocycles. The number of hydrogen-bond donors (Lipinski definition) is 1. The second kappa shape index (κ2) is 6.33. The standard InChI is InChI=1S/C7H13ClNO3P/c1-4(2)7(10)11-6(8)5(3)12-13-9/h5-6,13H,1,9H2,2-3H3. The third-order valence-electron chi connectivity index (χ3n) is 1.19. The van der Waals surface area contributed by atoms with Crippen molar-refractivity contribution in [3.63, 3.8) is 0 Å². The van der Waals surface area contributed by atoms with E-state index in [1.54, 1.807) is 13.8 Å². The average molecular weight is 226 g/mol. The number of halogens is 1. The monoisotopic (exact) mass is 225 g/mol. The first-order valence-corrected chi connectivity index (χ1v) is 5.03. The van der Waals surface area contributed by atoms with Crippen LogP contribution in [0.15, 0.2) is 12.2 Å². The van der Waals surface area contributed by atoms with Crippen molar-refractivity contribution in [1.82, 2.24) is 0 Å². The molecular weight excluding hydrogens is 213 g/mol. The Morgan fingerprint density at radius 2 is 2.23 bits per heavy atom. The predicted octanol–water partition coefficient (Wildman–Crippen LogP) is 1.54. The van der Waals surface area contributed by atoms with Crippen LogP contribution >= 0.6 is 20.6 Å². The van der Waals surface area contributed by atoms with Crippen LogP contribution in [0.1, 0.15) is 13.8 Å². The topological polar surface area (TPSA) is 61.5 Å². The van der Waals surface area contributed by atoms with Crippen LogP contribution < -0.4 is 5.50 Å². The molecule has 0 aromatic carbocycles. The van der Waals surface area contributed by atoms with Gasteiger partial charge in [-0.1, -0.05) is 18.2 Å². The van der Waals surface area contributed by atoms with E-state index in [-0.39, 0.29) is 8.96 Å². The fourth-order valence-electron chi connectivity index (χ4n) is 0.459. The third-order valence-corrected chi connectivity index (χ3v) is 2.14. The van der Waals surface area contributed by atoms with E-state index in [1.165, 1.54) is 0 Å². The van der Waals surface area contributed by atoms with Crippen molar-refractivity contribution in [3.8, 4) is 0 Å². The molecule has 3 unspecified atom stereocenters. The van der Waals surface area contributed by atoms with Crippen molar-refractivity contribution < 1.29 is 14.1 Å². The van der Waals surface area contributed by atoms with Gasteiger partial charge in [-0.15, -0.1) is 0 Å². The zero-order valence-electron chi connectivity index (χ0n) is 7.54. The summed E-state index contributed by atoms with van der Waals surface area (Å²) in [6.45, 7) is 6.63. The lowest BCUT2D eigenvalue weighted by atomic mass is 10.3. The minimum absolute atomic E-state index is 0.176. The van der Waals surface area contributed by atoms with Gasteiger partial charge < -0.3 is 9.26 Å². The highest BCUT2D eigenvalue weighted by Gasteiger charge is 2.19. The molecule has 0 spiro atoms. The Hall–Kier alpha value is -0.150. The lowest BCUT2D eigenvalue weighted by molar-refractivity contribution is -0.143. The third kappa shape index (κ3) is 5.21. The molecule has 0 rings (SSSR count). The largest absolute Gasteiger partial charge is 0.440 e. The molecule has 0 aromatic heterocycles. The number of rotatable bonds is 5. The van der Waals surface area contributed by atoms with Gasteiger partial charge in [-0.05, 0) is 13.8 Å². The molecule has 6 heteroatoms. The molecule has 3 atom stereocenters. The van der Waals surface area contributed by atoms with Gasteiger partial charge in [0.25, 0.3) is 0 Å². The first-order chi connectivity index (χ1) is 5.99. The normalized spacial score (nSPS) is 15.7. The van der Waals surface area contributed by atoms with Crippen LogP contribution in [0.25, 0.3) is 0 Å². The molecule has 0 aliphatic carbocycles. The van der Waals surface area contributed by atoms with Crippen LogP contribution in [0.2, 0.25) is 0 Å². The summed E-state index contributed by atoms with van der Waals surface area (Å²) in [4.78, 5) is 11.0. The highest BCUT2D eigenvalue weighted by molar-refractivity contribution is 7.29. The number of hydrogen-bond acceptors (Lipinski definition) is 4. The average Bonchev–Trinajstić information content (AvgIpc) is 2.04. The molecule has 0 fully saturated rings. The van der Waals surface area contributed by atoms with Crippen LogP contribution in [0, 0.1) is 0 Å². The molecule has 2 N–H and O–H groups in total. The quantitative estimate of drug-likeness (QED) is 0.334. The Morgan fingerprint density at radius 1 is 1.69 bits per heavy atom. The number of esters is 1. The van der Waals surface area contributed by atoms with E-state index in [1.807, 2.05) is 0 Å². The van der Waals surface area contributed by atoms with Crippen molar-refractivity contribution in [2.24, 2.45) is 5.50 Å². The van der Waals surface area contributed by atoms with E-state index in [2.05, 4.69) is 6.58 Å². The predicted molar refractivity (Wildman–Crippen MR) is 53.6 cm³/mol. The Kier molecular flexibility index (Phi) is 6.25. The van der Waals surface area contributed by atoms with Gasteiger partial charge in [-0.2, -0.15) is 0 Å². The zero-order chi connectivity index (χ0) is 10.4. The smallest absolute Gasteiger partial charge is 0.334 e. The molecule has 0 saturated carbocycles. The first-order valence-electron chi connectivity index (χ1n) is 3.60. The van der Waals surface area contributed by atoms with Crippen molar-refractivity contribution in [3.05, 3.63) is 12.2 Å². The fourth-order valence-corrected chi connectivity index (χ4v) is 1.02. The summed E-state index contributed by atoms with van der Waals surface area (Å²) in [6, 6.07) is 0. The molecule has 0 aromatic rings. The summed E-state index contributed by atoms with van der Waals surface area (Å²) in [5, 5.41) is 0. The summed E-state index contributed by atoms with van der Waals surface area (Å²) in [6.07, 6.45) is -0.423. The van der Waals surface area contributed by atoms with Gasteiger partial charge in [0.15, 0.2) is 0 Å². The van der Waals surface area contributed by atoms with Crippen LogP contribution in [-0.4, -0.2) is 17.6 Å². The van der Waals surface area contributed by atoms with E-state index >= 15 is 0 Å². The fraction of sp³-hybridized carbons (Fsp3) is 0.571. The maximum absolute atomic E-state index is 11.0. The maximum atomic E-state index is 11.0. The molecule has 4 nitrogen and oxygen atoms in total. The first kappa shape index (κ1) is 12.8. The highest BCUT2D eigenvalue weighted by atomic mass is 35.5. The minimum atomic E-state index is -0.833. The van der Waals surface area contributed by atoms with Crippen LogP contribution in [0.4, 0.5) is 0 Å². The van der Waals surface area contributed by atoms with Gasteiger partial charge in [-0.3, -0.25) is 5.50 Å². The number of carbonyl (C=O) groups is 1. The van der Waals surface area contributed by atoms with Crippen LogP contribution in [-0.2, 0) is 14.1 Å². The van der Waals surface area contributed by atoms with E-state index in [9.17, 15) is 4.79 Å². The van der Waals surface area contributed by atoms with Crippen LogP contribution in [0.5, 0.6) is 0 Å². The SMILES string of the molecule is C=C(C)C(=O)OC(Cl)C(C)OPN. The van der Waals surface area contributed by atoms with Gasteiger partial charge in [0.1, 0.15) is 6.10 Å². The summed E-state index contributed by atoms with van der Waals surface area (Å²) in [7, 11) is -0.176.